The fraction of sp³-hybridized carbons (Fsp3) is 0.273. The Kier molecular flexibility index (Phi) is 5.11. The minimum Gasteiger partial charge on any atom is -0.408 e. The van der Waals surface area contributed by atoms with Crippen LogP contribution in [0.15, 0.2) is 57.7 Å². The Morgan fingerprint density at radius 1 is 1.16 bits per heavy atom. The third-order valence-electron chi connectivity index (χ3n) is 5.54. The highest BCUT2D eigenvalue weighted by atomic mass is 32.1. The number of likely N-dealkylation sites (tertiary alicyclic amines) is 1. The molecule has 31 heavy (non-hydrogen) atoms. The lowest BCUT2D eigenvalue weighted by Crippen LogP contribution is -2.41. The Balaban J connectivity index is 1.32. The Labute approximate surface area is 180 Å². The van der Waals surface area contributed by atoms with Gasteiger partial charge in [-0.05, 0) is 37.1 Å². The zero-order valence-electron chi connectivity index (χ0n) is 16.5. The van der Waals surface area contributed by atoms with Gasteiger partial charge in [-0.15, -0.1) is 10.2 Å². The van der Waals surface area contributed by atoms with Crippen LogP contribution in [0, 0.1) is 5.82 Å². The predicted molar refractivity (Wildman–Crippen MR) is 114 cm³/mol. The van der Waals surface area contributed by atoms with Gasteiger partial charge in [0.15, 0.2) is 10.6 Å². The van der Waals surface area contributed by atoms with Crippen LogP contribution in [0.2, 0.25) is 0 Å². The van der Waals surface area contributed by atoms with Crippen molar-refractivity contribution in [1.82, 2.24) is 19.7 Å². The third kappa shape index (κ3) is 3.76. The van der Waals surface area contributed by atoms with E-state index in [1.54, 1.807) is 47.4 Å². The number of benzene rings is 2. The summed E-state index contributed by atoms with van der Waals surface area (Å²) in [6.45, 7) is 1.05. The van der Waals surface area contributed by atoms with E-state index in [-0.39, 0.29) is 24.2 Å². The van der Waals surface area contributed by atoms with Crippen molar-refractivity contribution in [2.24, 2.45) is 0 Å². The molecule has 0 N–H and O–H groups in total. The van der Waals surface area contributed by atoms with Crippen LogP contribution in [-0.2, 0) is 11.3 Å². The SMILES string of the molecule is O=C(Cn1c(=O)oc2ccccc21)N1CCC[C@@H](c2nnc(-c3ccccc3F)s2)C1. The molecule has 4 aromatic rings. The first kappa shape index (κ1) is 19.6. The van der Waals surface area contributed by atoms with Crippen LogP contribution in [0.1, 0.15) is 23.8 Å². The minimum atomic E-state index is -0.540. The Morgan fingerprint density at radius 2 is 1.97 bits per heavy atom. The number of para-hydroxylation sites is 2. The standard InChI is InChI=1S/C22H19FN4O3S/c23-16-8-2-1-7-15(16)21-25-24-20(31-21)14-6-5-11-26(12-14)19(28)13-27-17-9-3-4-10-18(17)30-22(27)29/h1-4,7-10,14H,5-6,11-13H2/t14-/m1/s1. The molecule has 3 heterocycles. The number of aromatic nitrogens is 3. The molecule has 5 rings (SSSR count). The maximum Gasteiger partial charge on any atom is 0.420 e. The van der Waals surface area contributed by atoms with Crippen molar-refractivity contribution >= 4 is 28.3 Å². The summed E-state index contributed by atoms with van der Waals surface area (Å²) in [5, 5.41) is 9.77. The molecule has 0 saturated carbocycles. The number of oxazole rings is 1. The van der Waals surface area contributed by atoms with E-state index in [0.717, 1.165) is 17.8 Å². The summed E-state index contributed by atoms with van der Waals surface area (Å²) in [6.07, 6.45) is 1.70. The molecular formula is C22H19FN4O3S. The number of hydrogen-bond acceptors (Lipinski definition) is 6. The van der Waals surface area contributed by atoms with Crippen molar-refractivity contribution in [3.8, 4) is 10.6 Å². The lowest BCUT2D eigenvalue weighted by atomic mass is 9.99. The summed E-state index contributed by atoms with van der Waals surface area (Å²) in [5.41, 5.74) is 1.50. The molecule has 1 fully saturated rings. The van der Waals surface area contributed by atoms with Gasteiger partial charge in [0.05, 0.1) is 5.52 Å². The number of carbonyl (C=O) groups is 1. The van der Waals surface area contributed by atoms with E-state index in [2.05, 4.69) is 10.2 Å². The van der Waals surface area contributed by atoms with Crippen LogP contribution >= 0.6 is 11.3 Å². The van der Waals surface area contributed by atoms with Gasteiger partial charge in [0, 0.05) is 24.6 Å². The third-order valence-corrected chi connectivity index (χ3v) is 6.65. The highest BCUT2D eigenvalue weighted by Gasteiger charge is 2.28. The van der Waals surface area contributed by atoms with Crippen molar-refractivity contribution in [1.29, 1.82) is 0 Å². The van der Waals surface area contributed by atoms with Gasteiger partial charge in [0.2, 0.25) is 5.91 Å². The van der Waals surface area contributed by atoms with Crippen LogP contribution in [0.4, 0.5) is 4.39 Å². The molecule has 1 aliphatic rings. The van der Waals surface area contributed by atoms with Crippen molar-refractivity contribution in [2.75, 3.05) is 13.1 Å². The highest BCUT2D eigenvalue weighted by molar-refractivity contribution is 7.14. The van der Waals surface area contributed by atoms with Crippen LogP contribution in [0.5, 0.6) is 0 Å². The Morgan fingerprint density at radius 3 is 2.84 bits per heavy atom. The summed E-state index contributed by atoms with van der Waals surface area (Å²) in [4.78, 5) is 26.9. The summed E-state index contributed by atoms with van der Waals surface area (Å²) >= 11 is 1.36. The van der Waals surface area contributed by atoms with Gasteiger partial charge >= 0.3 is 5.76 Å². The smallest absolute Gasteiger partial charge is 0.408 e. The first-order chi connectivity index (χ1) is 15.1. The highest BCUT2D eigenvalue weighted by Crippen LogP contribution is 2.33. The number of fused-ring (bicyclic) bond motifs is 1. The van der Waals surface area contributed by atoms with Crippen LogP contribution in [0.3, 0.4) is 0 Å². The van der Waals surface area contributed by atoms with E-state index >= 15 is 0 Å². The maximum absolute atomic E-state index is 14.1. The molecule has 1 aliphatic heterocycles. The molecule has 0 aliphatic carbocycles. The first-order valence-electron chi connectivity index (χ1n) is 10.0. The van der Waals surface area contributed by atoms with Crippen LogP contribution in [-0.4, -0.2) is 38.7 Å². The Bertz CT molecular complexity index is 1310. The minimum absolute atomic E-state index is 0.0357. The van der Waals surface area contributed by atoms with Gasteiger partial charge in [-0.25, -0.2) is 9.18 Å². The summed E-state index contributed by atoms with van der Waals surface area (Å²) < 4.78 is 20.7. The van der Waals surface area contributed by atoms with E-state index in [4.69, 9.17) is 4.42 Å². The summed E-state index contributed by atoms with van der Waals surface area (Å²) in [7, 11) is 0. The number of halogens is 1. The number of amides is 1. The van der Waals surface area contributed by atoms with Gasteiger partial charge in [-0.2, -0.15) is 0 Å². The number of hydrogen-bond donors (Lipinski definition) is 0. The molecule has 2 aromatic heterocycles. The molecule has 1 atom stereocenters. The van der Waals surface area contributed by atoms with E-state index in [1.807, 2.05) is 0 Å². The van der Waals surface area contributed by atoms with Gasteiger partial charge in [-0.1, -0.05) is 35.6 Å². The predicted octanol–water partition coefficient (Wildman–Crippen LogP) is 3.66. The zero-order valence-corrected chi connectivity index (χ0v) is 17.3. The second kappa shape index (κ2) is 8.07. The molecule has 0 unspecified atom stereocenters. The lowest BCUT2D eigenvalue weighted by molar-refractivity contribution is -0.133. The molecule has 0 spiro atoms. The molecule has 0 radical (unpaired) electrons. The van der Waals surface area contributed by atoms with Crippen molar-refractivity contribution < 1.29 is 13.6 Å². The summed E-state index contributed by atoms with van der Waals surface area (Å²) in [5.74, 6) is -0.976. The fourth-order valence-electron chi connectivity index (χ4n) is 3.95. The van der Waals surface area contributed by atoms with Gasteiger partial charge < -0.3 is 9.32 Å². The Hall–Kier alpha value is -3.33. The molecule has 2 aromatic carbocycles. The van der Waals surface area contributed by atoms with Crippen LogP contribution in [0.25, 0.3) is 21.7 Å². The molecular weight excluding hydrogens is 419 g/mol. The largest absolute Gasteiger partial charge is 0.420 e. The maximum atomic E-state index is 14.1. The van der Waals surface area contributed by atoms with Crippen LogP contribution < -0.4 is 5.76 Å². The molecule has 1 amide bonds. The quantitative estimate of drug-likeness (QED) is 0.486. The normalized spacial score (nSPS) is 16.7. The number of rotatable bonds is 4. The van der Waals surface area contributed by atoms with E-state index in [1.165, 1.54) is 22.0 Å². The van der Waals surface area contributed by atoms with E-state index in [0.29, 0.717) is 34.8 Å². The number of carbonyl (C=O) groups excluding carboxylic acids is 1. The molecule has 1 saturated heterocycles. The summed E-state index contributed by atoms with van der Waals surface area (Å²) in [6, 6.07) is 13.5. The van der Waals surface area contributed by atoms with Crippen molar-refractivity contribution in [3.63, 3.8) is 0 Å². The number of nitrogens with zero attached hydrogens (tertiary/aromatic N) is 4. The van der Waals surface area contributed by atoms with Crippen molar-refractivity contribution in [3.05, 3.63) is 69.9 Å². The number of piperidine rings is 1. The van der Waals surface area contributed by atoms with E-state index < -0.39 is 5.76 Å². The molecule has 158 valence electrons. The molecule has 9 heteroatoms. The van der Waals surface area contributed by atoms with Crippen molar-refractivity contribution in [2.45, 2.75) is 25.3 Å². The van der Waals surface area contributed by atoms with Gasteiger partial charge in [-0.3, -0.25) is 9.36 Å². The molecule has 0 bridgehead atoms. The fourth-order valence-corrected chi connectivity index (χ4v) is 4.94. The average Bonchev–Trinajstić information content (AvgIpc) is 3.39. The first-order valence-corrected chi connectivity index (χ1v) is 10.9. The van der Waals surface area contributed by atoms with Gasteiger partial charge in [0.1, 0.15) is 17.4 Å². The molecule has 7 nitrogen and oxygen atoms in total. The van der Waals surface area contributed by atoms with Gasteiger partial charge in [0.25, 0.3) is 0 Å². The zero-order chi connectivity index (χ0) is 21.4. The second-order valence-electron chi connectivity index (χ2n) is 7.53. The average molecular weight is 438 g/mol. The monoisotopic (exact) mass is 438 g/mol. The van der Waals surface area contributed by atoms with E-state index in [9.17, 15) is 14.0 Å². The topological polar surface area (TPSA) is 81.2 Å². The lowest BCUT2D eigenvalue weighted by Gasteiger charge is -2.31. The second-order valence-corrected chi connectivity index (χ2v) is 8.54.